The molecule has 1 unspecified atom stereocenters. The molecule has 0 aliphatic heterocycles. The monoisotopic (exact) mass is 267 g/mol. The molecule has 0 saturated heterocycles. The van der Waals surface area contributed by atoms with Crippen LogP contribution in [0.15, 0.2) is 6.33 Å². The quantitative estimate of drug-likeness (QED) is 0.817. The van der Waals surface area contributed by atoms with E-state index in [1.54, 1.807) is 13.4 Å². The van der Waals surface area contributed by atoms with Gasteiger partial charge in [0.15, 0.2) is 0 Å². The SMILES string of the molecule is COCC(CCN)Nc1ncnc2snc(C)c12. The molecule has 0 saturated carbocycles. The van der Waals surface area contributed by atoms with E-state index in [4.69, 9.17) is 10.5 Å². The summed E-state index contributed by atoms with van der Waals surface area (Å²) in [5.41, 5.74) is 6.54. The third-order valence-electron chi connectivity index (χ3n) is 2.67. The number of hydrogen-bond acceptors (Lipinski definition) is 7. The van der Waals surface area contributed by atoms with E-state index in [9.17, 15) is 0 Å². The molecule has 2 aromatic rings. The molecular weight excluding hydrogens is 250 g/mol. The molecule has 3 N–H and O–H groups in total. The van der Waals surface area contributed by atoms with Gasteiger partial charge in [-0.2, -0.15) is 4.37 Å². The first-order chi connectivity index (χ1) is 8.76. The van der Waals surface area contributed by atoms with Gasteiger partial charge in [-0.15, -0.1) is 0 Å². The van der Waals surface area contributed by atoms with Gasteiger partial charge in [-0.05, 0) is 31.4 Å². The van der Waals surface area contributed by atoms with Crippen molar-refractivity contribution in [2.24, 2.45) is 5.73 Å². The van der Waals surface area contributed by atoms with Crippen LogP contribution in [-0.4, -0.2) is 40.6 Å². The predicted octanol–water partition coefficient (Wildman–Crippen LogP) is 1.17. The average molecular weight is 267 g/mol. The highest BCUT2D eigenvalue weighted by Gasteiger charge is 2.14. The number of nitrogens with two attached hydrogens (primary N) is 1. The summed E-state index contributed by atoms with van der Waals surface area (Å²) in [6.45, 7) is 3.16. The third-order valence-corrected chi connectivity index (χ3v) is 3.51. The zero-order valence-electron chi connectivity index (χ0n) is 10.5. The predicted molar refractivity (Wildman–Crippen MR) is 72.9 cm³/mol. The van der Waals surface area contributed by atoms with Gasteiger partial charge < -0.3 is 15.8 Å². The fourth-order valence-corrected chi connectivity index (χ4v) is 2.57. The molecule has 0 spiro atoms. The van der Waals surface area contributed by atoms with Crippen LogP contribution in [0.5, 0.6) is 0 Å². The van der Waals surface area contributed by atoms with Crippen LogP contribution in [0.25, 0.3) is 10.2 Å². The highest BCUT2D eigenvalue weighted by Crippen LogP contribution is 2.26. The van der Waals surface area contributed by atoms with Gasteiger partial charge in [0.1, 0.15) is 17.0 Å². The van der Waals surface area contributed by atoms with E-state index in [-0.39, 0.29) is 6.04 Å². The molecule has 0 fully saturated rings. The van der Waals surface area contributed by atoms with E-state index < -0.39 is 0 Å². The summed E-state index contributed by atoms with van der Waals surface area (Å²) in [4.78, 5) is 9.40. The Kier molecular flexibility index (Phi) is 4.40. The number of fused-ring (bicyclic) bond motifs is 1. The third kappa shape index (κ3) is 2.74. The van der Waals surface area contributed by atoms with Gasteiger partial charge in [-0.1, -0.05) is 0 Å². The Morgan fingerprint density at radius 2 is 2.33 bits per heavy atom. The molecule has 2 heterocycles. The Bertz CT molecular complexity index is 509. The standard InChI is InChI=1S/C11H17N5OS/c1-7-9-10(13-6-14-11(9)18-16-7)15-8(3-4-12)5-17-2/h6,8H,3-5,12H2,1-2H3,(H,13,14,15). The molecule has 0 aliphatic rings. The summed E-state index contributed by atoms with van der Waals surface area (Å²) < 4.78 is 9.48. The van der Waals surface area contributed by atoms with E-state index in [1.165, 1.54) is 11.5 Å². The van der Waals surface area contributed by atoms with Gasteiger partial charge in [0.2, 0.25) is 0 Å². The van der Waals surface area contributed by atoms with Crippen molar-refractivity contribution in [3.8, 4) is 0 Å². The van der Waals surface area contributed by atoms with Gasteiger partial charge in [-0.25, -0.2) is 9.97 Å². The summed E-state index contributed by atoms with van der Waals surface area (Å²) in [6.07, 6.45) is 2.38. The second-order valence-electron chi connectivity index (χ2n) is 4.04. The molecule has 0 amide bonds. The van der Waals surface area contributed by atoms with Gasteiger partial charge in [0, 0.05) is 7.11 Å². The maximum absolute atomic E-state index is 5.60. The van der Waals surface area contributed by atoms with Gasteiger partial charge in [-0.3, -0.25) is 0 Å². The van der Waals surface area contributed by atoms with Crippen molar-refractivity contribution >= 4 is 27.6 Å². The van der Waals surface area contributed by atoms with Crippen LogP contribution in [0.4, 0.5) is 5.82 Å². The fraction of sp³-hybridized carbons (Fsp3) is 0.545. The van der Waals surface area contributed by atoms with E-state index in [0.717, 1.165) is 28.1 Å². The van der Waals surface area contributed by atoms with E-state index in [1.807, 2.05) is 6.92 Å². The lowest BCUT2D eigenvalue weighted by Crippen LogP contribution is -2.28. The number of nitrogens with one attached hydrogen (secondary N) is 1. The van der Waals surface area contributed by atoms with Crippen molar-refractivity contribution < 1.29 is 4.74 Å². The van der Waals surface area contributed by atoms with Crippen molar-refractivity contribution in [3.05, 3.63) is 12.0 Å². The minimum atomic E-state index is 0.150. The molecule has 2 rings (SSSR count). The second kappa shape index (κ2) is 6.03. The maximum atomic E-state index is 5.60. The molecular formula is C11H17N5OS. The van der Waals surface area contributed by atoms with Gasteiger partial charge in [0.25, 0.3) is 0 Å². The molecule has 0 radical (unpaired) electrons. The first-order valence-corrected chi connectivity index (χ1v) is 6.56. The molecule has 18 heavy (non-hydrogen) atoms. The Morgan fingerprint density at radius 1 is 1.50 bits per heavy atom. The number of aryl methyl sites for hydroxylation is 1. The first kappa shape index (κ1) is 13.1. The lowest BCUT2D eigenvalue weighted by atomic mass is 10.2. The minimum absolute atomic E-state index is 0.150. The summed E-state index contributed by atoms with van der Waals surface area (Å²) in [5.74, 6) is 0.807. The lowest BCUT2D eigenvalue weighted by Gasteiger charge is -2.18. The van der Waals surface area contributed by atoms with Crippen LogP contribution in [0.3, 0.4) is 0 Å². The molecule has 0 aromatic carbocycles. The molecule has 2 aromatic heterocycles. The minimum Gasteiger partial charge on any atom is -0.383 e. The van der Waals surface area contributed by atoms with Crippen LogP contribution in [0.1, 0.15) is 12.1 Å². The molecule has 0 aliphatic carbocycles. The number of rotatable bonds is 6. The Hall–Kier alpha value is -1.31. The summed E-state index contributed by atoms with van der Waals surface area (Å²) in [7, 11) is 1.68. The summed E-state index contributed by atoms with van der Waals surface area (Å²) >= 11 is 1.38. The number of hydrogen-bond donors (Lipinski definition) is 2. The lowest BCUT2D eigenvalue weighted by molar-refractivity contribution is 0.183. The molecule has 98 valence electrons. The fourth-order valence-electron chi connectivity index (χ4n) is 1.82. The van der Waals surface area contributed by atoms with Crippen molar-refractivity contribution in [2.45, 2.75) is 19.4 Å². The zero-order chi connectivity index (χ0) is 13.0. The zero-order valence-corrected chi connectivity index (χ0v) is 11.3. The van der Waals surface area contributed by atoms with Crippen LogP contribution in [-0.2, 0) is 4.74 Å². The topological polar surface area (TPSA) is 86.0 Å². The maximum Gasteiger partial charge on any atom is 0.149 e. The largest absolute Gasteiger partial charge is 0.383 e. The number of ether oxygens (including phenoxy) is 1. The molecule has 7 heteroatoms. The summed E-state index contributed by atoms with van der Waals surface area (Å²) in [6, 6.07) is 0.150. The van der Waals surface area contributed by atoms with Crippen molar-refractivity contribution in [3.63, 3.8) is 0 Å². The van der Waals surface area contributed by atoms with Crippen LogP contribution in [0, 0.1) is 6.92 Å². The van der Waals surface area contributed by atoms with E-state index >= 15 is 0 Å². The molecule has 1 atom stereocenters. The van der Waals surface area contributed by atoms with Gasteiger partial charge in [0.05, 0.1) is 23.7 Å². The number of aromatic nitrogens is 3. The van der Waals surface area contributed by atoms with Crippen LogP contribution in [0.2, 0.25) is 0 Å². The molecule has 6 nitrogen and oxygen atoms in total. The number of anilines is 1. The summed E-state index contributed by atoms with van der Waals surface area (Å²) in [5, 5.41) is 4.35. The van der Waals surface area contributed by atoms with Crippen molar-refractivity contribution in [1.82, 2.24) is 14.3 Å². The normalized spacial score (nSPS) is 12.8. The number of nitrogens with zero attached hydrogens (tertiary/aromatic N) is 3. The smallest absolute Gasteiger partial charge is 0.149 e. The van der Waals surface area contributed by atoms with Crippen LogP contribution >= 0.6 is 11.5 Å². The van der Waals surface area contributed by atoms with Crippen molar-refractivity contribution in [2.75, 3.05) is 25.6 Å². The second-order valence-corrected chi connectivity index (χ2v) is 4.80. The van der Waals surface area contributed by atoms with E-state index in [2.05, 4.69) is 19.7 Å². The average Bonchev–Trinajstić information content (AvgIpc) is 2.73. The van der Waals surface area contributed by atoms with E-state index in [0.29, 0.717) is 13.2 Å². The Balaban J connectivity index is 2.26. The van der Waals surface area contributed by atoms with Gasteiger partial charge >= 0.3 is 0 Å². The highest BCUT2D eigenvalue weighted by atomic mass is 32.1. The Morgan fingerprint density at radius 3 is 3.06 bits per heavy atom. The van der Waals surface area contributed by atoms with Crippen LogP contribution < -0.4 is 11.1 Å². The van der Waals surface area contributed by atoms with Crippen molar-refractivity contribution in [1.29, 1.82) is 0 Å². The first-order valence-electron chi connectivity index (χ1n) is 5.78. The highest BCUT2D eigenvalue weighted by molar-refractivity contribution is 7.13. The molecule has 0 bridgehead atoms. The Labute approximate surface area is 110 Å². The number of methoxy groups -OCH3 is 1.